The minimum Gasteiger partial charge on any atom is -0.490 e. The monoisotopic (exact) mass is 397 g/mol. The van der Waals surface area contributed by atoms with Crippen molar-refractivity contribution >= 4 is 23.9 Å². The van der Waals surface area contributed by atoms with Crippen molar-refractivity contribution in [1.29, 1.82) is 0 Å². The maximum atomic E-state index is 13.4. The van der Waals surface area contributed by atoms with Gasteiger partial charge in [0.2, 0.25) is 5.90 Å². The van der Waals surface area contributed by atoms with Gasteiger partial charge >= 0.3 is 11.9 Å². The van der Waals surface area contributed by atoms with Gasteiger partial charge in [-0.15, -0.1) is 0 Å². The van der Waals surface area contributed by atoms with Crippen LogP contribution >= 0.6 is 0 Å². The highest BCUT2D eigenvalue weighted by Crippen LogP contribution is 2.31. The topological polar surface area (TPSA) is 74.2 Å². The second-order valence-electron chi connectivity index (χ2n) is 6.56. The molecule has 0 N–H and O–H groups in total. The number of carbonyl (C=O) groups excluding carboxylic acids is 2. The van der Waals surface area contributed by atoms with Crippen molar-refractivity contribution in [3.05, 3.63) is 65.1 Å². The van der Waals surface area contributed by atoms with E-state index < -0.39 is 11.8 Å². The molecule has 3 rings (SSSR count). The minimum atomic E-state index is -0.641. The number of nitrogens with zero attached hydrogens (tertiary/aromatic N) is 1. The molecule has 0 spiro atoms. The summed E-state index contributed by atoms with van der Waals surface area (Å²) >= 11 is 0. The molecule has 150 valence electrons. The highest BCUT2D eigenvalue weighted by molar-refractivity contribution is 6.12. The van der Waals surface area contributed by atoms with Crippen molar-refractivity contribution in [3.8, 4) is 11.5 Å². The Hall–Kier alpha value is -3.48. The van der Waals surface area contributed by atoms with Crippen LogP contribution in [0.4, 0.5) is 4.39 Å². The van der Waals surface area contributed by atoms with Gasteiger partial charge in [-0.2, -0.15) is 0 Å². The number of halogens is 1. The summed E-state index contributed by atoms with van der Waals surface area (Å²) < 4.78 is 29.4. The zero-order chi connectivity index (χ0) is 21.0. The van der Waals surface area contributed by atoms with E-state index in [-0.39, 0.29) is 23.5 Å². The Balaban J connectivity index is 1.90. The van der Waals surface area contributed by atoms with Crippen LogP contribution in [-0.4, -0.2) is 24.4 Å². The Labute approximate surface area is 167 Å². The van der Waals surface area contributed by atoms with E-state index in [4.69, 9.17) is 14.2 Å². The first-order valence-corrected chi connectivity index (χ1v) is 9.14. The van der Waals surface area contributed by atoms with Gasteiger partial charge in [0.05, 0.1) is 12.5 Å². The molecular weight excluding hydrogens is 377 g/mol. The number of rotatable bonds is 6. The molecule has 0 aromatic heterocycles. The third-order valence-corrected chi connectivity index (χ3v) is 3.95. The van der Waals surface area contributed by atoms with Crippen LogP contribution in [0.1, 0.15) is 31.9 Å². The van der Waals surface area contributed by atoms with Crippen LogP contribution in [0.15, 0.2) is 53.2 Å². The van der Waals surface area contributed by atoms with Gasteiger partial charge in [0.15, 0.2) is 17.2 Å². The second kappa shape index (κ2) is 8.68. The predicted molar refractivity (Wildman–Crippen MR) is 105 cm³/mol. The first-order valence-electron chi connectivity index (χ1n) is 9.14. The van der Waals surface area contributed by atoms with Crippen molar-refractivity contribution < 1.29 is 28.2 Å². The molecule has 0 saturated heterocycles. The molecule has 2 aromatic carbocycles. The molecule has 0 unspecified atom stereocenters. The van der Waals surface area contributed by atoms with Crippen molar-refractivity contribution in [1.82, 2.24) is 0 Å². The van der Waals surface area contributed by atoms with E-state index in [1.165, 1.54) is 24.3 Å². The fourth-order valence-electron chi connectivity index (χ4n) is 2.51. The summed E-state index contributed by atoms with van der Waals surface area (Å²) in [5.74, 6) is -1.05. The molecule has 7 heteroatoms. The molecule has 0 saturated carbocycles. The standard InChI is InChI=1S/C22H20FNO5/c1-4-27-19-11-14(8-9-18(19)28-21(25)13(2)3)10-17-22(26)29-20(24-17)15-6-5-7-16(23)12-15/h5-13H,4H2,1-3H3/b17-10+. The third kappa shape index (κ3) is 4.87. The van der Waals surface area contributed by atoms with E-state index in [0.29, 0.717) is 29.2 Å². The number of aliphatic imine (C=N–C) groups is 1. The minimum absolute atomic E-state index is 0.0354. The summed E-state index contributed by atoms with van der Waals surface area (Å²) in [4.78, 5) is 28.2. The van der Waals surface area contributed by atoms with Gasteiger partial charge in [-0.3, -0.25) is 4.79 Å². The zero-order valence-corrected chi connectivity index (χ0v) is 16.3. The zero-order valence-electron chi connectivity index (χ0n) is 16.3. The number of hydrogen-bond donors (Lipinski definition) is 0. The van der Waals surface area contributed by atoms with E-state index in [0.717, 1.165) is 0 Å². The highest BCUT2D eigenvalue weighted by atomic mass is 19.1. The van der Waals surface area contributed by atoms with Crippen molar-refractivity contribution in [3.63, 3.8) is 0 Å². The number of ether oxygens (including phenoxy) is 3. The van der Waals surface area contributed by atoms with Gasteiger partial charge in [-0.1, -0.05) is 26.0 Å². The predicted octanol–water partition coefficient (Wildman–Crippen LogP) is 4.13. The Morgan fingerprint density at radius 3 is 2.69 bits per heavy atom. The summed E-state index contributed by atoms with van der Waals surface area (Å²) in [6.07, 6.45) is 1.52. The lowest BCUT2D eigenvalue weighted by Gasteiger charge is -2.12. The molecule has 2 aromatic rings. The number of benzene rings is 2. The van der Waals surface area contributed by atoms with Crippen LogP contribution in [0.25, 0.3) is 6.08 Å². The van der Waals surface area contributed by atoms with Gasteiger partial charge in [0, 0.05) is 5.56 Å². The van der Waals surface area contributed by atoms with E-state index >= 15 is 0 Å². The molecule has 0 aliphatic carbocycles. The van der Waals surface area contributed by atoms with E-state index in [1.54, 1.807) is 38.1 Å². The summed E-state index contributed by atoms with van der Waals surface area (Å²) in [7, 11) is 0. The Kier molecular flexibility index (Phi) is 6.07. The summed E-state index contributed by atoms with van der Waals surface area (Å²) in [5, 5.41) is 0. The summed E-state index contributed by atoms with van der Waals surface area (Å²) in [6.45, 7) is 5.65. The molecule has 0 radical (unpaired) electrons. The largest absolute Gasteiger partial charge is 0.490 e. The molecule has 0 bridgehead atoms. The van der Waals surface area contributed by atoms with Crippen LogP contribution in [0.3, 0.4) is 0 Å². The van der Waals surface area contributed by atoms with Crippen molar-refractivity contribution in [2.45, 2.75) is 20.8 Å². The SMILES string of the molecule is CCOc1cc(/C=C2/N=C(c3cccc(F)c3)OC2=O)ccc1OC(=O)C(C)C. The summed E-state index contributed by atoms with van der Waals surface area (Å²) in [5.41, 5.74) is 1.04. The maximum absolute atomic E-state index is 13.4. The number of hydrogen-bond acceptors (Lipinski definition) is 6. The molecule has 1 aliphatic heterocycles. The Morgan fingerprint density at radius 1 is 1.21 bits per heavy atom. The average Bonchev–Trinajstić information content (AvgIpc) is 3.04. The average molecular weight is 397 g/mol. The van der Waals surface area contributed by atoms with Gasteiger partial charge in [0.25, 0.3) is 0 Å². The lowest BCUT2D eigenvalue weighted by Crippen LogP contribution is -2.15. The van der Waals surface area contributed by atoms with Gasteiger partial charge in [-0.25, -0.2) is 14.2 Å². The lowest BCUT2D eigenvalue weighted by atomic mass is 10.1. The molecule has 1 aliphatic rings. The highest BCUT2D eigenvalue weighted by Gasteiger charge is 2.24. The smallest absolute Gasteiger partial charge is 0.363 e. The lowest BCUT2D eigenvalue weighted by molar-refractivity contribution is -0.138. The van der Waals surface area contributed by atoms with E-state index in [2.05, 4.69) is 4.99 Å². The fourth-order valence-corrected chi connectivity index (χ4v) is 2.51. The molecule has 29 heavy (non-hydrogen) atoms. The first-order chi connectivity index (χ1) is 13.9. The molecule has 6 nitrogen and oxygen atoms in total. The first kappa shape index (κ1) is 20.3. The second-order valence-corrected chi connectivity index (χ2v) is 6.56. The number of cyclic esters (lactones) is 1. The normalized spacial score (nSPS) is 14.7. The van der Waals surface area contributed by atoms with Crippen LogP contribution < -0.4 is 9.47 Å². The Morgan fingerprint density at radius 2 is 2.00 bits per heavy atom. The number of esters is 2. The van der Waals surface area contributed by atoms with Crippen LogP contribution in [0.2, 0.25) is 0 Å². The number of carbonyl (C=O) groups is 2. The van der Waals surface area contributed by atoms with Gasteiger partial charge in [0.1, 0.15) is 5.82 Å². The van der Waals surface area contributed by atoms with Crippen molar-refractivity contribution in [2.75, 3.05) is 6.61 Å². The fraction of sp³-hybridized carbons (Fsp3) is 0.227. The third-order valence-electron chi connectivity index (χ3n) is 3.95. The van der Waals surface area contributed by atoms with Gasteiger partial charge < -0.3 is 14.2 Å². The Bertz CT molecular complexity index is 1010. The molecule has 0 fully saturated rings. The molecular formula is C22H20FNO5. The van der Waals surface area contributed by atoms with Crippen LogP contribution in [0, 0.1) is 11.7 Å². The molecule has 0 atom stereocenters. The van der Waals surface area contributed by atoms with Crippen LogP contribution in [-0.2, 0) is 14.3 Å². The van der Waals surface area contributed by atoms with Crippen molar-refractivity contribution in [2.24, 2.45) is 10.9 Å². The molecule has 0 amide bonds. The van der Waals surface area contributed by atoms with Gasteiger partial charge in [-0.05, 0) is 48.9 Å². The molecule has 1 heterocycles. The van der Waals surface area contributed by atoms with E-state index in [1.807, 2.05) is 6.92 Å². The van der Waals surface area contributed by atoms with Crippen LogP contribution in [0.5, 0.6) is 11.5 Å². The van der Waals surface area contributed by atoms with E-state index in [9.17, 15) is 14.0 Å². The maximum Gasteiger partial charge on any atom is 0.363 e. The quantitative estimate of drug-likeness (QED) is 0.416. The summed E-state index contributed by atoms with van der Waals surface area (Å²) in [6, 6.07) is 10.5.